The lowest BCUT2D eigenvalue weighted by Crippen LogP contribution is -2.09. The van der Waals surface area contributed by atoms with E-state index in [4.69, 9.17) is 0 Å². The molecule has 2 aromatic rings. The van der Waals surface area contributed by atoms with Gasteiger partial charge in [0, 0.05) is 23.4 Å². The Labute approximate surface area is 119 Å². The predicted octanol–water partition coefficient (Wildman–Crippen LogP) is 4.15. The van der Waals surface area contributed by atoms with E-state index >= 15 is 0 Å². The van der Waals surface area contributed by atoms with E-state index in [-0.39, 0.29) is 5.82 Å². The van der Waals surface area contributed by atoms with Crippen molar-refractivity contribution in [3.63, 3.8) is 0 Å². The first-order valence-corrected chi connectivity index (χ1v) is 6.91. The van der Waals surface area contributed by atoms with Crippen LogP contribution in [0.5, 0.6) is 0 Å². The zero-order valence-corrected chi connectivity index (χ0v) is 12.4. The van der Waals surface area contributed by atoms with Crippen LogP contribution >= 0.6 is 0 Å². The average molecular weight is 273 g/mol. The lowest BCUT2D eigenvalue weighted by Gasteiger charge is -2.16. The molecule has 0 aliphatic carbocycles. The molecule has 0 unspecified atom stereocenters. The minimum absolute atomic E-state index is 0.254. The predicted molar refractivity (Wildman–Crippen MR) is 80.4 cm³/mol. The van der Waals surface area contributed by atoms with Gasteiger partial charge in [-0.1, -0.05) is 13.8 Å². The Morgan fingerprint density at radius 1 is 1.15 bits per heavy atom. The molecule has 4 heteroatoms. The fourth-order valence-electron chi connectivity index (χ4n) is 2.30. The molecule has 0 amide bonds. The summed E-state index contributed by atoms with van der Waals surface area (Å²) >= 11 is 0. The van der Waals surface area contributed by atoms with Crippen molar-refractivity contribution in [2.75, 3.05) is 11.9 Å². The quantitative estimate of drug-likeness (QED) is 0.909. The van der Waals surface area contributed by atoms with Gasteiger partial charge in [0.15, 0.2) is 5.82 Å². The molecule has 20 heavy (non-hydrogen) atoms. The van der Waals surface area contributed by atoms with E-state index in [2.05, 4.69) is 29.1 Å². The van der Waals surface area contributed by atoms with Crippen LogP contribution in [0, 0.1) is 12.7 Å². The van der Waals surface area contributed by atoms with Crippen LogP contribution in [0.1, 0.15) is 37.9 Å². The number of rotatable bonds is 4. The maximum atomic E-state index is 13.0. The second-order valence-electron chi connectivity index (χ2n) is 5.09. The second-order valence-corrected chi connectivity index (χ2v) is 5.09. The van der Waals surface area contributed by atoms with Crippen LogP contribution in [0.4, 0.5) is 10.2 Å². The van der Waals surface area contributed by atoms with E-state index < -0.39 is 0 Å². The topological polar surface area (TPSA) is 37.8 Å². The molecule has 1 heterocycles. The number of aryl methyl sites for hydroxylation is 1. The van der Waals surface area contributed by atoms with Crippen LogP contribution in [-0.2, 0) is 0 Å². The van der Waals surface area contributed by atoms with E-state index in [1.807, 2.05) is 13.8 Å². The smallest absolute Gasteiger partial charge is 0.161 e. The molecule has 0 aliphatic heterocycles. The molecule has 1 aromatic carbocycles. The third-order valence-electron chi connectivity index (χ3n) is 3.16. The lowest BCUT2D eigenvalue weighted by molar-refractivity contribution is 0.628. The fraction of sp³-hybridized carbons (Fsp3) is 0.375. The van der Waals surface area contributed by atoms with Gasteiger partial charge in [-0.15, -0.1) is 0 Å². The lowest BCUT2D eigenvalue weighted by atomic mass is 10.0. The van der Waals surface area contributed by atoms with Crippen molar-refractivity contribution in [1.29, 1.82) is 0 Å². The zero-order valence-electron chi connectivity index (χ0n) is 12.4. The number of halogens is 1. The van der Waals surface area contributed by atoms with E-state index in [1.165, 1.54) is 12.1 Å². The first-order valence-electron chi connectivity index (χ1n) is 6.91. The Morgan fingerprint density at radius 2 is 1.80 bits per heavy atom. The number of aromatic nitrogens is 2. The van der Waals surface area contributed by atoms with Crippen LogP contribution in [0.3, 0.4) is 0 Å². The molecule has 1 N–H and O–H groups in total. The van der Waals surface area contributed by atoms with Gasteiger partial charge in [0.05, 0.1) is 0 Å². The fourth-order valence-corrected chi connectivity index (χ4v) is 2.30. The molecule has 0 saturated carbocycles. The second kappa shape index (κ2) is 5.99. The third kappa shape index (κ3) is 2.95. The maximum absolute atomic E-state index is 13.0. The molecule has 106 valence electrons. The number of anilines is 1. The van der Waals surface area contributed by atoms with Gasteiger partial charge in [-0.25, -0.2) is 14.4 Å². The standard InChI is InChI=1S/C16H20FN3/c1-5-18-16-14(10(2)3)11(4)19-15(20-16)12-6-8-13(17)9-7-12/h6-10H,5H2,1-4H3,(H,18,19,20). The van der Waals surface area contributed by atoms with Gasteiger partial charge in [0.2, 0.25) is 0 Å². The number of hydrogen-bond acceptors (Lipinski definition) is 3. The Morgan fingerprint density at radius 3 is 2.35 bits per heavy atom. The van der Waals surface area contributed by atoms with Gasteiger partial charge < -0.3 is 5.32 Å². The normalized spacial score (nSPS) is 10.9. The molecule has 1 aromatic heterocycles. The monoisotopic (exact) mass is 273 g/mol. The molecule has 0 bridgehead atoms. The molecule has 3 nitrogen and oxygen atoms in total. The average Bonchev–Trinajstić information content (AvgIpc) is 2.38. The highest BCUT2D eigenvalue weighted by Crippen LogP contribution is 2.28. The molecule has 0 fully saturated rings. The molecule has 0 atom stereocenters. The Balaban J connectivity index is 2.53. The molecule has 2 rings (SSSR count). The van der Waals surface area contributed by atoms with E-state index in [0.29, 0.717) is 11.7 Å². The first kappa shape index (κ1) is 14.4. The highest BCUT2D eigenvalue weighted by molar-refractivity contribution is 5.60. The number of nitrogens with zero attached hydrogens (tertiary/aromatic N) is 2. The Bertz CT molecular complexity index is 591. The van der Waals surface area contributed by atoms with Gasteiger partial charge in [-0.3, -0.25) is 0 Å². The molecule has 0 aliphatic rings. The molecule has 0 saturated heterocycles. The Hall–Kier alpha value is -1.97. The summed E-state index contributed by atoms with van der Waals surface area (Å²) in [6, 6.07) is 6.26. The highest BCUT2D eigenvalue weighted by atomic mass is 19.1. The third-order valence-corrected chi connectivity index (χ3v) is 3.16. The summed E-state index contributed by atoms with van der Waals surface area (Å²) in [6.45, 7) is 9.09. The minimum atomic E-state index is -0.254. The number of benzene rings is 1. The summed E-state index contributed by atoms with van der Waals surface area (Å²) in [4.78, 5) is 9.16. The van der Waals surface area contributed by atoms with Gasteiger partial charge in [0.1, 0.15) is 11.6 Å². The summed E-state index contributed by atoms with van der Waals surface area (Å²) in [5.74, 6) is 1.60. The first-order chi connectivity index (χ1) is 9.52. The van der Waals surface area contributed by atoms with Crippen LogP contribution in [0.2, 0.25) is 0 Å². The molecular formula is C16H20FN3. The zero-order chi connectivity index (χ0) is 14.7. The van der Waals surface area contributed by atoms with Crippen LogP contribution in [0.25, 0.3) is 11.4 Å². The summed E-state index contributed by atoms with van der Waals surface area (Å²) in [5.41, 5.74) is 2.92. The highest BCUT2D eigenvalue weighted by Gasteiger charge is 2.15. The number of hydrogen-bond donors (Lipinski definition) is 1. The van der Waals surface area contributed by atoms with Gasteiger partial charge in [-0.2, -0.15) is 0 Å². The molecule has 0 radical (unpaired) electrons. The van der Waals surface area contributed by atoms with Gasteiger partial charge >= 0.3 is 0 Å². The SMILES string of the molecule is CCNc1nc(-c2ccc(F)cc2)nc(C)c1C(C)C. The van der Waals surface area contributed by atoms with Crippen molar-refractivity contribution in [2.45, 2.75) is 33.6 Å². The number of nitrogens with one attached hydrogen (secondary N) is 1. The summed E-state index contributed by atoms with van der Waals surface area (Å²) < 4.78 is 13.0. The molecular weight excluding hydrogens is 253 g/mol. The van der Waals surface area contributed by atoms with E-state index in [1.54, 1.807) is 12.1 Å². The summed E-state index contributed by atoms with van der Waals surface area (Å²) in [7, 11) is 0. The Kier molecular flexibility index (Phi) is 4.32. The van der Waals surface area contributed by atoms with Crippen LogP contribution in [0.15, 0.2) is 24.3 Å². The van der Waals surface area contributed by atoms with Crippen LogP contribution < -0.4 is 5.32 Å². The van der Waals surface area contributed by atoms with Crippen molar-refractivity contribution in [2.24, 2.45) is 0 Å². The van der Waals surface area contributed by atoms with E-state index in [9.17, 15) is 4.39 Å². The van der Waals surface area contributed by atoms with Gasteiger partial charge in [-0.05, 0) is 44.0 Å². The van der Waals surface area contributed by atoms with Crippen LogP contribution in [-0.4, -0.2) is 16.5 Å². The van der Waals surface area contributed by atoms with Crippen molar-refractivity contribution in [1.82, 2.24) is 9.97 Å². The van der Waals surface area contributed by atoms with Crippen molar-refractivity contribution >= 4 is 5.82 Å². The van der Waals surface area contributed by atoms with Crippen molar-refractivity contribution in [3.05, 3.63) is 41.3 Å². The maximum Gasteiger partial charge on any atom is 0.161 e. The van der Waals surface area contributed by atoms with Crippen molar-refractivity contribution in [3.8, 4) is 11.4 Å². The summed E-state index contributed by atoms with van der Waals surface area (Å²) in [6.07, 6.45) is 0. The van der Waals surface area contributed by atoms with Gasteiger partial charge in [0.25, 0.3) is 0 Å². The molecule has 0 spiro atoms. The minimum Gasteiger partial charge on any atom is -0.370 e. The van der Waals surface area contributed by atoms with E-state index in [0.717, 1.165) is 29.2 Å². The summed E-state index contributed by atoms with van der Waals surface area (Å²) in [5, 5.41) is 3.29. The van der Waals surface area contributed by atoms with Crippen molar-refractivity contribution < 1.29 is 4.39 Å². The largest absolute Gasteiger partial charge is 0.370 e.